The van der Waals surface area contributed by atoms with Gasteiger partial charge in [0.05, 0.1) is 22.4 Å². The number of halogens is 1. The number of rotatable bonds is 3. The van der Waals surface area contributed by atoms with Crippen molar-refractivity contribution in [3.8, 4) is 0 Å². The number of anilines is 1. The van der Waals surface area contributed by atoms with Crippen molar-refractivity contribution in [2.24, 2.45) is 0 Å². The molecule has 2 N–H and O–H groups in total. The maximum atomic E-state index is 11.2. The average molecular weight is 289 g/mol. The van der Waals surface area contributed by atoms with Crippen LogP contribution in [0.2, 0.25) is 5.02 Å². The third-order valence-electron chi connectivity index (χ3n) is 2.34. The van der Waals surface area contributed by atoms with E-state index in [-0.39, 0.29) is 22.2 Å². The van der Waals surface area contributed by atoms with Crippen molar-refractivity contribution in [2.75, 3.05) is 11.1 Å². The lowest BCUT2D eigenvalue weighted by Gasteiger charge is -2.12. The Morgan fingerprint density at radius 3 is 2.78 bits per heavy atom. The number of carbonyl (C=O) groups is 1. The van der Waals surface area contributed by atoms with Crippen LogP contribution < -0.4 is 5.32 Å². The smallest absolute Gasteiger partial charge is 0.337 e. The summed E-state index contributed by atoms with van der Waals surface area (Å²) in [6.45, 7) is 0. The minimum atomic E-state index is -3.16. The molecule has 1 aromatic heterocycles. The number of nitrogens with zero attached hydrogens (tertiary/aromatic N) is 1. The molecule has 8 heteroatoms. The van der Waals surface area contributed by atoms with Gasteiger partial charge in [0.1, 0.15) is 5.82 Å². The zero-order chi connectivity index (χ0) is 13.3. The Labute approximate surface area is 108 Å². The molecule has 1 atom stereocenters. The highest BCUT2D eigenvalue weighted by molar-refractivity contribution is 7.94. The molecule has 0 radical (unpaired) electrons. The molecule has 0 aliphatic carbocycles. The second kappa shape index (κ2) is 4.58. The molecule has 2 rings (SSSR count). The van der Waals surface area contributed by atoms with E-state index < -0.39 is 21.8 Å². The first kappa shape index (κ1) is 12.8. The summed E-state index contributed by atoms with van der Waals surface area (Å²) in [7, 11) is -3.16. The number of aromatic nitrogens is 1. The van der Waals surface area contributed by atoms with Gasteiger partial charge in [-0.05, 0) is 12.1 Å². The van der Waals surface area contributed by atoms with E-state index in [0.717, 1.165) is 11.6 Å². The van der Waals surface area contributed by atoms with Gasteiger partial charge in [0, 0.05) is 11.6 Å². The van der Waals surface area contributed by atoms with Crippen molar-refractivity contribution in [2.45, 2.75) is 6.04 Å². The van der Waals surface area contributed by atoms with Crippen LogP contribution in [0.3, 0.4) is 0 Å². The number of pyridine rings is 1. The summed E-state index contributed by atoms with van der Waals surface area (Å²) in [6, 6.07) is 0.850. The van der Waals surface area contributed by atoms with Gasteiger partial charge in [-0.3, -0.25) is 0 Å². The molecule has 96 valence electrons. The molecule has 0 saturated heterocycles. The van der Waals surface area contributed by atoms with Crippen LogP contribution in [0, 0.1) is 0 Å². The predicted molar refractivity (Wildman–Crippen MR) is 66.5 cm³/mol. The lowest BCUT2D eigenvalue weighted by molar-refractivity contribution is 0.0696. The number of hydrogen-bond acceptors (Lipinski definition) is 5. The largest absolute Gasteiger partial charge is 0.478 e. The second-order valence-electron chi connectivity index (χ2n) is 3.77. The monoisotopic (exact) mass is 288 g/mol. The normalized spacial score (nSPS) is 20.8. The van der Waals surface area contributed by atoms with E-state index in [2.05, 4.69) is 10.3 Å². The lowest BCUT2D eigenvalue weighted by Crippen LogP contribution is -2.21. The second-order valence-corrected chi connectivity index (χ2v) is 6.11. The highest BCUT2D eigenvalue weighted by Crippen LogP contribution is 2.22. The molecule has 0 fully saturated rings. The van der Waals surface area contributed by atoms with Crippen molar-refractivity contribution in [3.05, 3.63) is 34.3 Å². The minimum absolute atomic E-state index is 0.0277. The van der Waals surface area contributed by atoms with Crippen molar-refractivity contribution < 1.29 is 18.3 Å². The van der Waals surface area contributed by atoms with Crippen molar-refractivity contribution in [3.63, 3.8) is 0 Å². The van der Waals surface area contributed by atoms with Gasteiger partial charge in [-0.2, -0.15) is 0 Å². The number of carboxylic acids is 1. The highest BCUT2D eigenvalue weighted by Gasteiger charge is 2.22. The van der Waals surface area contributed by atoms with Crippen LogP contribution in [0.5, 0.6) is 0 Å². The molecule has 0 saturated carbocycles. The predicted octanol–water partition coefficient (Wildman–Crippen LogP) is 1.16. The molecule has 0 aromatic carbocycles. The Morgan fingerprint density at radius 2 is 2.28 bits per heavy atom. The van der Waals surface area contributed by atoms with Crippen molar-refractivity contribution in [1.82, 2.24) is 4.98 Å². The van der Waals surface area contributed by atoms with Gasteiger partial charge >= 0.3 is 5.97 Å². The van der Waals surface area contributed by atoms with Gasteiger partial charge in [0.15, 0.2) is 9.84 Å². The number of aromatic carboxylic acids is 1. The van der Waals surface area contributed by atoms with Crippen LogP contribution in [0.1, 0.15) is 10.4 Å². The van der Waals surface area contributed by atoms with Crippen LogP contribution in [0.15, 0.2) is 23.7 Å². The minimum Gasteiger partial charge on any atom is -0.478 e. The van der Waals surface area contributed by atoms with Gasteiger partial charge in [0.25, 0.3) is 0 Å². The molecular weight excluding hydrogens is 280 g/mol. The van der Waals surface area contributed by atoms with E-state index in [1.165, 1.54) is 12.1 Å². The fourth-order valence-corrected chi connectivity index (χ4v) is 2.96. The summed E-state index contributed by atoms with van der Waals surface area (Å²) in [5, 5.41) is 12.8. The van der Waals surface area contributed by atoms with E-state index in [4.69, 9.17) is 16.7 Å². The van der Waals surface area contributed by atoms with Gasteiger partial charge in [0.2, 0.25) is 0 Å². The van der Waals surface area contributed by atoms with Crippen LogP contribution in [0.25, 0.3) is 0 Å². The van der Waals surface area contributed by atoms with Crippen LogP contribution in [0.4, 0.5) is 5.82 Å². The zero-order valence-electron chi connectivity index (χ0n) is 9.00. The first-order chi connectivity index (χ1) is 8.37. The molecule has 0 bridgehead atoms. The fourth-order valence-electron chi connectivity index (χ4n) is 1.50. The van der Waals surface area contributed by atoms with Crippen LogP contribution in [-0.4, -0.2) is 36.3 Å². The SMILES string of the molecule is O=C(O)c1cnc(NC2C=CS(=O)(=O)C2)c(Cl)c1. The first-order valence-electron chi connectivity index (χ1n) is 4.94. The molecule has 6 nitrogen and oxygen atoms in total. The number of hydrogen-bond donors (Lipinski definition) is 2. The topological polar surface area (TPSA) is 96.4 Å². The fraction of sp³-hybridized carbons (Fsp3) is 0.200. The summed E-state index contributed by atoms with van der Waals surface area (Å²) < 4.78 is 22.4. The van der Waals surface area contributed by atoms with Gasteiger partial charge in [-0.15, -0.1) is 0 Å². The Balaban J connectivity index is 2.16. The van der Waals surface area contributed by atoms with Crippen molar-refractivity contribution in [1.29, 1.82) is 0 Å². The molecule has 1 aliphatic rings. The number of carboxylic acid groups (broad SMARTS) is 1. The van der Waals surface area contributed by atoms with Crippen LogP contribution in [-0.2, 0) is 9.84 Å². The zero-order valence-corrected chi connectivity index (χ0v) is 10.6. The van der Waals surface area contributed by atoms with Gasteiger partial charge < -0.3 is 10.4 Å². The summed E-state index contributed by atoms with van der Waals surface area (Å²) >= 11 is 5.86. The Hall–Kier alpha value is -1.60. The Bertz CT molecular complexity index is 627. The first-order valence-corrected chi connectivity index (χ1v) is 7.03. The summed E-state index contributed by atoms with van der Waals surface area (Å²) in [5.41, 5.74) is -0.0277. The average Bonchev–Trinajstić information content (AvgIpc) is 2.61. The molecule has 18 heavy (non-hydrogen) atoms. The highest BCUT2D eigenvalue weighted by atomic mass is 35.5. The van der Waals surface area contributed by atoms with Gasteiger partial charge in [-0.25, -0.2) is 18.2 Å². The molecule has 1 unspecified atom stereocenters. The van der Waals surface area contributed by atoms with Gasteiger partial charge in [-0.1, -0.05) is 11.6 Å². The summed E-state index contributed by atoms with van der Waals surface area (Å²) in [6.07, 6.45) is 2.65. The Morgan fingerprint density at radius 1 is 1.56 bits per heavy atom. The van der Waals surface area contributed by atoms with Crippen molar-refractivity contribution >= 4 is 33.2 Å². The van der Waals surface area contributed by atoms with E-state index in [9.17, 15) is 13.2 Å². The summed E-state index contributed by atoms with van der Waals surface area (Å²) in [5.74, 6) is -0.932. The molecule has 0 amide bonds. The number of nitrogens with one attached hydrogen (secondary N) is 1. The molecule has 1 aliphatic heterocycles. The lowest BCUT2D eigenvalue weighted by atomic mass is 10.2. The molecular formula is C10H9ClN2O4S. The molecule has 2 heterocycles. The van der Waals surface area contributed by atoms with E-state index in [1.54, 1.807) is 0 Å². The van der Waals surface area contributed by atoms with E-state index >= 15 is 0 Å². The standard InChI is InChI=1S/C10H9ClN2O4S/c11-8-3-6(10(14)15)4-12-9(8)13-7-1-2-18(16,17)5-7/h1-4,7H,5H2,(H,12,13)(H,14,15). The third-order valence-corrected chi connectivity index (χ3v) is 4.02. The van der Waals surface area contributed by atoms with Crippen LogP contribution >= 0.6 is 11.6 Å². The van der Waals surface area contributed by atoms with E-state index in [1.807, 2.05) is 0 Å². The maximum absolute atomic E-state index is 11.2. The number of sulfone groups is 1. The summed E-state index contributed by atoms with van der Waals surface area (Å²) in [4.78, 5) is 14.5. The molecule has 0 spiro atoms. The van der Waals surface area contributed by atoms with E-state index in [0.29, 0.717) is 0 Å². The quantitative estimate of drug-likeness (QED) is 0.866. The molecule has 1 aromatic rings. The maximum Gasteiger partial charge on any atom is 0.337 e. The third kappa shape index (κ3) is 2.80. The Kier molecular flexibility index (Phi) is 3.27.